The van der Waals surface area contributed by atoms with Gasteiger partial charge in [-0.05, 0) is 31.1 Å². The summed E-state index contributed by atoms with van der Waals surface area (Å²) in [6.07, 6.45) is 5.94. The molecule has 5 nitrogen and oxygen atoms in total. The molecule has 0 saturated heterocycles. The van der Waals surface area contributed by atoms with Crippen molar-refractivity contribution in [3.05, 3.63) is 21.6 Å². The molecule has 0 aromatic carbocycles. The molecule has 1 unspecified atom stereocenters. The van der Waals surface area contributed by atoms with Gasteiger partial charge in [0.1, 0.15) is 29.4 Å². The first-order chi connectivity index (χ1) is 10.6. The van der Waals surface area contributed by atoms with E-state index in [0.29, 0.717) is 16.9 Å². The Bertz CT molecular complexity index is 613. The smallest absolute Gasteiger partial charge is 0.348 e. The highest BCUT2D eigenvalue weighted by atomic mass is 32.2. The van der Waals surface area contributed by atoms with Crippen LogP contribution in [0.4, 0.5) is 0 Å². The van der Waals surface area contributed by atoms with Crippen molar-refractivity contribution in [2.24, 2.45) is 5.92 Å². The second-order valence-corrected chi connectivity index (χ2v) is 5.67. The van der Waals surface area contributed by atoms with Crippen molar-refractivity contribution < 1.29 is 9.53 Å². The zero-order valence-corrected chi connectivity index (χ0v) is 13.5. The number of methoxy groups -OCH3 is 1. The Morgan fingerprint density at radius 3 is 2.36 bits per heavy atom. The molecule has 0 aromatic heterocycles. The standard InChI is InChI=1S/C16H17N3O2S/c1-21-16(20)14(10-19)12-6-4-3-5-7-13(12)15(22-2)11(8-17)9-18/h13H,3-7H2,1-2H3. The lowest BCUT2D eigenvalue weighted by molar-refractivity contribution is -0.135. The van der Waals surface area contributed by atoms with Crippen LogP contribution in [0.25, 0.3) is 0 Å². The fourth-order valence-corrected chi connectivity index (χ4v) is 3.52. The molecule has 1 aliphatic rings. The van der Waals surface area contributed by atoms with Crippen molar-refractivity contribution in [1.29, 1.82) is 15.8 Å². The first-order valence-corrected chi connectivity index (χ1v) is 8.16. The van der Waals surface area contributed by atoms with Crippen LogP contribution >= 0.6 is 11.8 Å². The van der Waals surface area contributed by atoms with Crippen LogP contribution in [0, 0.1) is 39.9 Å². The lowest BCUT2D eigenvalue weighted by Crippen LogP contribution is -2.14. The maximum absolute atomic E-state index is 11.9. The van der Waals surface area contributed by atoms with E-state index in [1.165, 1.54) is 18.9 Å². The molecule has 1 saturated carbocycles. The minimum Gasteiger partial charge on any atom is -0.465 e. The molecule has 1 aliphatic carbocycles. The summed E-state index contributed by atoms with van der Waals surface area (Å²) >= 11 is 1.33. The van der Waals surface area contributed by atoms with Gasteiger partial charge in [-0.2, -0.15) is 15.8 Å². The number of carbonyl (C=O) groups excluding carboxylic acids is 1. The lowest BCUT2D eigenvalue weighted by atomic mass is 9.88. The van der Waals surface area contributed by atoms with Crippen molar-refractivity contribution in [3.63, 3.8) is 0 Å². The van der Waals surface area contributed by atoms with Crippen LogP contribution in [0.3, 0.4) is 0 Å². The van der Waals surface area contributed by atoms with Crippen molar-refractivity contribution in [3.8, 4) is 18.2 Å². The van der Waals surface area contributed by atoms with E-state index in [1.54, 1.807) is 6.26 Å². The number of nitrogens with zero attached hydrogens (tertiary/aromatic N) is 3. The van der Waals surface area contributed by atoms with E-state index >= 15 is 0 Å². The van der Waals surface area contributed by atoms with E-state index in [1.807, 2.05) is 18.2 Å². The second kappa shape index (κ2) is 8.93. The predicted molar refractivity (Wildman–Crippen MR) is 83.0 cm³/mol. The molecule has 0 spiro atoms. The number of allylic oxidation sites excluding steroid dienone is 3. The van der Waals surface area contributed by atoms with E-state index in [-0.39, 0.29) is 17.1 Å². The van der Waals surface area contributed by atoms with Gasteiger partial charge in [-0.25, -0.2) is 4.79 Å². The number of hydrogen-bond donors (Lipinski definition) is 0. The molecule has 0 heterocycles. The van der Waals surface area contributed by atoms with Gasteiger partial charge in [-0.3, -0.25) is 0 Å². The molecule has 22 heavy (non-hydrogen) atoms. The average Bonchev–Trinajstić information content (AvgIpc) is 2.79. The summed E-state index contributed by atoms with van der Waals surface area (Å²) in [5.41, 5.74) is 0.759. The molecular weight excluding hydrogens is 298 g/mol. The summed E-state index contributed by atoms with van der Waals surface area (Å²) in [6.45, 7) is 0. The lowest BCUT2D eigenvalue weighted by Gasteiger charge is -2.21. The van der Waals surface area contributed by atoms with Gasteiger partial charge in [0.15, 0.2) is 0 Å². The van der Waals surface area contributed by atoms with E-state index in [9.17, 15) is 10.1 Å². The van der Waals surface area contributed by atoms with Crippen LogP contribution in [0.2, 0.25) is 0 Å². The summed E-state index contributed by atoms with van der Waals surface area (Å²) in [6, 6.07) is 5.78. The first kappa shape index (κ1) is 17.8. The molecule has 1 atom stereocenters. The second-order valence-electron chi connectivity index (χ2n) is 4.82. The molecule has 0 aliphatic heterocycles. The van der Waals surface area contributed by atoms with Crippen molar-refractivity contribution in [1.82, 2.24) is 0 Å². The Morgan fingerprint density at radius 2 is 1.86 bits per heavy atom. The summed E-state index contributed by atoms with van der Waals surface area (Å²) in [5, 5.41) is 27.6. The Kier molecular flexibility index (Phi) is 7.23. The number of carbonyl (C=O) groups is 1. The Hall–Kier alpha value is -2.23. The monoisotopic (exact) mass is 315 g/mol. The third-order valence-electron chi connectivity index (χ3n) is 3.69. The highest BCUT2D eigenvalue weighted by Gasteiger charge is 2.29. The first-order valence-electron chi connectivity index (χ1n) is 6.94. The van der Waals surface area contributed by atoms with E-state index in [0.717, 1.165) is 25.7 Å². The quantitative estimate of drug-likeness (QED) is 0.343. The normalized spacial score (nSPS) is 19.7. The molecule has 0 amide bonds. The van der Waals surface area contributed by atoms with Crippen molar-refractivity contribution in [2.45, 2.75) is 32.1 Å². The maximum atomic E-state index is 11.9. The molecule has 114 valence electrons. The van der Waals surface area contributed by atoms with Crippen LogP contribution in [-0.2, 0) is 9.53 Å². The molecule has 1 fully saturated rings. The summed E-state index contributed by atoms with van der Waals surface area (Å²) in [4.78, 5) is 12.5. The summed E-state index contributed by atoms with van der Waals surface area (Å²) in [7, 11) is 1.24. The van der Waals surface area contributed by atoms with Gasteiger partial charge in [0, 0.05) is 10.8 Å². The van der Waals surface area contributed by atoms with Crippen molar-refractivity contribution >= 4 is 17.7 Å². The zero-order chi connectivity index (χ0) is 16.5. The third-order valence-corrected chi connectivity index (χ3v) is 4.62. The maximum Gasteiger partial charge on any atom is 0.348 e. The number of ether oxygens (including phenoxy) is 1. The fourth-order valence-electron chi connectivity index (χ4n) is 2.68. The fraction of sp³-hybridized carbons (Fsp3) is 0.500. The SMILES string of the molecule is COC(=O)C(C#N)=C1CCCCCC1C(SC)=C(C#N)C#N. The zero-order valence-electron chi connectivity index (χ0n) is 12.7. The molecule has 0 bridgehead atoms. The number of esters is 1. The van der Waals surface area contributed by atoms with Gasteiger partial charge in [0.05, 0.1) is 7.11 Å². The Morgan fingerprint density at radius 1 is 1.18 bits per heavy atom. The summed E-state index contributed by atoms with van der Waals surface area (Å²) < 4.78 is 4.70. The van der Waals surface area contributed by atoms with Crippen LogP contribution in [-0.4, -0.2) is 19.3 Å². The van der Waals surface area contributed by atoms with Crippen molar-refractivity contribution in [2.75, 3.05) is 13.4 Å². The number of hydrogen-bond acceptors (Lipinski definition) is 6. The van der Waals surface area contributed by atoms with Crippen LogP contribution in [0.5, 0.6) is 0 Å². The number of nitriles is 3. The van der Waals surface area contributed by atoms with E-state index in [2.05, 4.69) is 0 Å². The van der Waals surface area contributed by atoms with Gasteiger partial charge in [0.2, 0.25) is 0 Å². The van der Waals surface area contributed by atoms with E-state index in [4.69, 9.17) is 15.3 Å². The minimum absolute atomic E-state index is 0.0104. The van der Waals surface area contributed by atoms with Gasteiger partial charge in [-0.1, -0.05) is 12.8 Å². The largest absolute Gasteiger partial charge is 0.465 e. The van der Waals surface area contributed by atoms with Crippen LogP contribution in [0.1, 0.15) is 32.1 Å². The van der Waals surface area contributed by atoms with Gasteiger partial charge < -0.3 is 4.74 Å². The molecule has 0 N–H and O–H groups in total. The van der Waals surface area contributed by atoms with Gasteiger partial charge in [-0.15, -0.1) is 11.8 Å². The Labute approximate surface area is 134 Å². The predicted octanol–water partition coefficient (Wildman–Crippen LogP) is 3.22. The third kappa shape index (κ3) is 3.91. The van der Waals surface area contributed by atoms with Crippen LogP contribution < -0.4 is 0 Å². The topological polar surface area (TPSA) is 97.7 Å². The molecular formula is C16H17N3O2S. The minimum atomic E-state index is -0.652. The van der Waals surface area contributed by atoms with Gasteiger partial charge in [0.25, 0.3) is 0 Å². The Balaban J connectivity index is 3.52. The summed E-state index contributed by atoms with van der Waals surface area (Å²) in [5.74, 6) is -0.888. The molecule has 0 aromatic rings. The number of thioether (sulfide) groups is 1. The highest BCUT2D eigenvalue weighted by Crippen LogP contribution is 2.40. The van der Waals surface area contributed by atoms with Crippen LogP contribution in [0.15, 0.2) is 21.6 Å². The van der Waals surface area contributed by atoms with E-state index < -0.39 is 5.97 Å². The highest BCUT2D eigenvalue weighted by molar-refractivity contribution is 8.02. The molecule has 0 radical (unpaired) electrons. The molecule has 1 rings (SSSR count). The average molecular weight is 315 g/mol. The number of rotatable bonds is 3. The van der Waals surface area contributed by atoms with Gasteiger partial charge >= 0.3 is 5.97 Å². The molecule has 6 heteroatoms.